The largest absolute Gasteiger partial charge is 0.493 e. The second-order valence-corrected chi connectivity index (χ2v) is 4.53. The summed E-state index contributed by atoms with van der Waals surface area (Å²) in [6, 6.07) is 15.6. The molecule has 0 aliphatic carbocycles. The molecule has 0 saturated carbocycles. The van der Waals surface area contributed by atoms with Crippen molar-refractivity contribution in [1.29, 1.82) is 5.41 Å². The van der Waals surface area contributed by atoms with Gasteiger partial charge in [-0.25, -0.2) is 0 Å². The molecule has 0 aliphatic rings. The summed E-state index contributed by atoms with van der Waals surface area (Å²) in [7, 11) is 1.60. The Kier molecular flexibility index (Phi) is 5.04. The summed E-state index contributed by atoms with van der Waals surface area (Å²) in [5, 5.41) is 9.91. The van der Waals surface area contributed by atoms with Gasteiger partial charge < -0.3 is 20.5 Å². The van der Waals surface area contributed by atoms with E-state index in [9.17, 15) is 0 Å². The average molecular weight is 285 g/mol. The quantitative estimate of drug-likeness (QED) is 0.562. The van der Waals surface area contributed by atoms with Crippen molar-refractivity contribution in [3.63, 3.8) is 0 Å². The Morgan fingerprint density at radius 2 is 1.86 bits per heavy atom. The summed E-state index contributed by atoms with van der Waals surface area (Å²) in [6.45, 7) is 0.965. The van der Waals surface area contributed by atoms with Crippen LogP contribution >= 0.6 is 0 Å². The normalized spacial score (nSPS) is 9.95. The highest BCUT2D eigenvalue weighted by atomic mass is 16.5. The Labute approximate surface area is 124 Å². The Morgan fingerprint density at radius 1 is 1.10 bits per heavy atom. The second kappa shape index (κ2) is 7.19. The van der Waals surface area contributed by atoms with Crippen LogP contribution in [0.5, 0.6) is 11.5 Å². The van der Waals surface area contributed by atoms with E-state index >= 15 is 0 Å². The Balaban J connectivity index is 2.04. The highest BCUT2D eigenvalue weighted by Crippen LogP contribution is 2.28. The van der Waals surface area contributed by atoms with E-state index in [1.807, 2.05) is 48.5 Å². The van der Waals surface area contributed by atoms with Crippen LogP contribution in [0.25, 0.3) is 0 Å². The van der Waals surface area contributed by atoms with E-state index in [4.69, 9.17) is 20.6 Å². The maximum atomic E-state index is 7.16. The fourth-order valence-corrected chi connectivity index (χ4v) is 1.87. The molecule has 0 heterocycles. The molecule has 4 N–H and O–H groups in total. The molecule has 0 aromatic heterocycles. The zero-order valence-electron chi connectivity index (χ0n) is 11.9. The predicted octanol–water partition coefficient (Wildman–Crippen LogP) is 2.26. The molecule has 0 unspecified atom stereocenters. The minimum absolute atomic E-state index is 0.0571. The highest BCUT2D eigenvalue weighted by Gasteiger charge is 2.06. The lowest BCUT2D eigenvalue weighted by molar-refractivity contribution is 0.284. The van der Waals surface area contributed by atoms with Crippen molar-refractivity contribution in [3.8, 4) is 11.5 Å². The average Bonchev–Trinajstić information content (AvgIpc) is 2.52. The standard InChI is InChI=1S/C16H19N3O2/c1-20-15-9-13(10-19-16(17)18)7-8-14(15)21-11-12-5-3-2-4-6-12/h2-9H,10-11H2,1H3,(H4,17,18,19). The van der Waals surface area contributed by atoms with Gasteiger partial charge in [-0.3, -0.25) is 5.41 Å². The van der Waals surface area contributed by atoms with Gasteiger partial charge in [-0.15, -0.1) is 0 Å². The van der Waals surface area contributed by atoms with Crippen LogP contribution in [0.1, 0.15) is 11.1 Å². The van der Waals surface area contributed by atoms with Crippen molar-refractivity contribution in [3.05, 3.63) is 59.7 Å². The first-order valence-corrected chi connectivity index (χ1v) is 6.60. The highest BCUT2D eigenvalue weighted by molar-refractivity contribution is 5.74. The summed E-state index contributed by atoms with van der Waals surface area (Å²) in [5.41, 5.74) is 7.33. The number of rotatable bonds is 6. The third-order valence-corrected chi connectivity index (χ3v) is 2.95. The molecule has 21 heavy (non-hydrogen) atoms. The van der Waals surface area contributed by atoms with Gasteiger partial charge in [0.2, 0.25) is 0 Å². The van der Waals surface area contributed by atoms with Crippen LogP contribution in [-0.4, -0.2) is 13.1 Å². The van der Waals surface area contributed by atoms with Gasteiger partial charge >= 0.3 is 0 Å². The smallest absolute Gasteiger partial charge is 0.185 e. The van der Waals surface area contributed by atoms with Crippen molar-refractivity contribution in [2.75, 3.05) is 7.11 Å². The molecule has 0 radical (unpaired) electrons. The monoisotopic (exact) mass is 285 g/mol. The molecule has 2 aromatic rings. The van der Waals surface area contributed by atoms with E-state index in [2.05, 4.69) is 5.32 Å². The summed E-state index contributed by atoms with van der Waals surface area (Å²) in [5.74, 6) is 1.29. The number of nitrogens with one attached hydrogen (secondary N) is 2. The molecule has 2 rings (SSSR count). The SMILES string of the molecule is COc1cc(CNC(=N)N)ccc1OCc1ccccc1. The molecule has 0 fully saturated rings. The lowest BCUT2D eigenvalue weighted by atomic mass is 10.2. The maximum Gasteiger partial charge on any atom is 0.185 e. The number of methoxy groups -OCH3 is 1. The van der Waals surface area contributed by atoms with E-state index in [1.165, 1.54) is 0 Å². The van der Waals surface area contributed by atoms with Gasteiger partial charge in [-0.05, 0) is 23.3 Å². The first kappa shape index (κ1) is 14.7. The van der Waals surface area contributed by atoms with Crippen molar-refractivity contribution >= 4 is 5.96 Å². The first-order chi connectivity index (χ1) is 10.2. The number of benzene rings is 2. The Bertz CT molecular complexity index is 600. The minimum atomic E-state index is -0.0571. The Morgan fingerprint density at radius 3 is 2.52 bits per heavy atom. The number of ether oxygens (including phenoxy) is 2. The van der Waals surface area contributed by atoms with Gasteiger partial charge in [0.05, 0.1) is 7.11 Å². The summed E-state index contributed by atoms with van der Waals surface area (Å²) in [4.78, 5) is 0. The van der Waals surface area contributed by atoms with Crippen LogP contribution in [0.15, 0.2) is 48.5 Å². The van der Waals surface area contributed by atoms with Crippen LogP contribution in [0.3, 0.4) is 0 Å². The van der Waals surface area contributed by atoms with Crippen molar-refractivity contribution in [1.82, 2.24) is 5.32 Å². The Hall–Kier alpha value is -2.69. The lowest BCUT2D eigenvalue weighted by Crippen LogP contribution is -2.29. The van der Waals surface area contributed by atoms with Gasteiger partial charge in [0.1, 0.15) is 6.61 Å². The first-order valence-electron chi connectivity index (χ1n) is 6.60. The molecule has 5 nitrogen and oxygen atoms in total. The fourth-order valence-electron chi connectivity index (χ4n) is 1.87. The third-order valence-electron chi connectivity index (χ3n) is 2.95. The molecule has 0 spiro atoms. The zero-order chi connectivity index (χ0) is 15.1. The summed E-state index contributed by atoms with van der Waals surface area (Å²) < 4.78 is 11.1. The number of hydrogen-bond donors (Lipinski definition) is 3. The predicted molar refractivity (Wildman–Crippen MR) is 82.5 cm³/mol. The molecule has 5 heteroatoms. The number of guanidine groups is 1. The third kappa shape index (κ3) is 4.42. The molecule has 0 aliphatic heterocycles. The van der Waals surface area contributed by atoms with Crippen molar-refractivity contribution in [2.24, 2.45) is 5.73 Å². The van der Waals surface area contributed by atoms with E-state index in [-0.39, 0.29) is 5.96 Å². The fraction of sp³-hybridized carbons (Fsp3) is 0.188. The van der Waals surface area contributed by atoms with Crippen LogP contribution in [0, 0.1) is 5.41 Å². The zero-order valence-corrected chi connectivity index (χ0v) is 11.9. The molecule has 110 valence electrons. The van der Waals surface area contributed by atoms with Gasteiger partial charge in [0.15, 0.2) is 17.5 Å². The van der Waals surface area contributed by atoms with Crippen LogP contribution in [0.4, 0.5) is 0 Å². The number of nitrogens with two attached hydrogens (primary N) is 1. The van der Waals surface area contributed by atoms with Gasteiger partial charge in [-0.1, -0.05) is 36.4 Å². The summed E-state index contributed by atoms with van der Waals surface area (Å²) >= 11 is 0. The van der Waals surface area contributed by atoms with E-state index in [0.29, 0.717) is 24.7 Å². The van der Waals surface area contributed by atoms with E-state index in [1.54, 1.807) is 7.11 Å². The van der Waals surface area contributed by atoms with E-state index in [0.717, 1.165) is 11.1 Å². The molecule has 0 saturated heterocycles. The maximum absolute atomic E-state index is 7.16. The molecule has 0 bridgehead atoms. The van der Waals surface area contributed by atoms with Gasteiger partial charge in [0.25, 0.3) is 0 Å². The van der Waals surface area contributed by atoms with E-state index < -0.39 is 0 Å². The molecular formula is C16H19N3O2. The van der Waals surface area contributed by atoms with Crippen molar-refractivity contribution in [2.45, 2.75) is 13.2 Å². The lowest BCUT2D eigenvalue weighted by Gasteiger charge is -2.12. The van der Waals surface area contributed by atoms with Gasteiger partial charge in [0, 0.05) is 6.54 Å². The van der Waals surface area contributed by atoms with Crippen molar-refractivity contribution < 1.29 is 9.47 Å². The molecular weight excluding hydrogens is 266 g/mol. The number of hydrogen-bond acceptors (Lipinski definition) is 3. The van der Waals surface area contributed by atoms with Crippen LogP contribution in [0.2, 0.25) is 0 Å². The van der Waals surface area contributed by atoms with Crippen LogP contribution < -0.4 is 20.5 Å². The second-order valence-electron chi connectivity index (χ2n) is 4.53. The molecule has 2 aromatic carbocycles. The topological polar surface area (TPSA) is 80.4 Å². The van der Waals surface area contributed by atoms with Crippen LogP contribution in [-0.2, 0) is 13.2 Å². The summed E-state index contributed by atoms with van der Waals surface area (Å²) in [6.07, 6.45) is 0. The minimum Gasteiger partial charge on any atom is -0.493 e. The molecule has 0 atom stereocenters. The van der Waals surface area contributed by atoms with Gasteiger partial charge in [-0.2, -0.15) is 0 Å². The molecule has 0 amide bonds.